The molecule has 30 heavy (non-hydrogen) atoms. The summed E-state index contributed by atoms with van der Waals surface area (Å²) in [5.74, 6) is -0.442. The molecule has 0 unspecified atom stereocenters. The van der Waals surface area contributed by atoms with Crippen molar-refractivity contribution in [2.75, 3.05) is 11.9 Å². The van der Waals surface area contributed by atoms with E-state index in [0.29, 0.717) is 17.1 Å². The van der Waals surface area contributed by atoms with Gasteiger partial charge in [0.1, 0.15) is 12.4 Å². The summed E-state index contributed by atoms with van der Waals surface area (Å²) in [5, 5.41) is 3.75. The van der Waals surface area contributed by atoms with Crippen molar-refractivity contribution in [1.82, 2.24) is 0 Å². The summed E-state index contributed by atoms with van der Waals surface area (Å²) in [7, 11) is 0. The van der Waals surface area contributed by atoms with Gasteiger partial charge in [-0.15, -0.1) is 0 Å². The maximum absolute atomic E-state index is 14.8. The number of hydrogen-bond acceptors (Lipinski definition) is 4. The molecule has 0 spiro atoms. The van der Waals surface area contributed by atoms with E-state index in [9.17, 15) is 9.18 Å². The first-order chi connectivity index (χ1) is 14.6. The second kappa shape index (κ2) is 9.36. The molecule has 0 saturated carbocycles. The van der Waals surface area contributed by atoms with Crippen molar-refractivity contribution in [3.63, 3.8) is 0 Å². The number of esters is 1. The van der Waals surface area contributed by atoms with Gasteiger partial charge in [-0.2, -0.15) is 0 Å². The Labute approximate surface area is 181 Å². The number of ether oxygens (including phenoxy) is 2. The Bertz CT molecular complexity index is 892. The first-order valence-corrected chi connectivity index (χ1v) is 11.1. The maximum Gasteiger partial charge on any atom is 0.305 e. The van der Waals surface area contributed by atoms with Crippen LogP contribution in [0.15, 0.2) is 42.5 Å². The van der Waals surface area contributed by atoms with Gasteiger partial charge in [0.15, 0.2) is 0 Å². The minimum atomic E-state index is -0.381. The average Bonchev–Trinajstić information content (AvgIpc) is 2.76. The zero-order chi connectivity index (χ0) is 21.1. The average molecular weight is 432 g/mol. The van der Waals surface area contributed by atoms with Gasteiger partial charge in [0, 0.05) is 22.9 Å². The van der Waals surface area contributed by atoms with E-state index in [-0.39, 0.29) is 42.6 Å². The quantitative estimate of drug-likeness (QED) is 0.552. The first kappa shape index (κ1) is 21.1. The van der Waals surface area contributed by atoms with E-state index < -0.39 is 0 Å². The van der Waals surface area contributed by atoms with Crippen LogP contribution in [0.5, 0.6) is 0 Å². The van der Waals surface area contributed by atoms with Gasteiger partial charge >= 0.3 is 5.97 Å². The van der Waals surface area contributed by atoms with Gasteiger partial charge in [-0.05, 0) is 37.0 Å². The molecule has 2 aromatic rings. The number of rotatable bonds is 6. The largest absolute Gasteiger partial charge is 0.463 e. The van der Waals surface area contributed by atoms with E-state index in [0.717, 1.165) is 36.8 Å². The highest BCUT2D eigenvalue weighted by Crippen LogP contribution is 2.51. The number of carbonyl (C=O) groups excluding carboxylic acids is 1. The normalized spacial score (nSPS) is 25.0. The minimum Gasteiger partial charge on any atom is -0.463 e. The lowest BCUT2D eigenvalue weighted by atomic mass is 9.76. The topological polar surface area (TPSA) is 47.6 Å². The number of hydrogen-bond donors (Lipinski definition) is 1. The van der Waals surface area contributed by atoms with Crippen LogP contribution in [-0.4, -0.2) is 18.7 Å². The van der Waals surface area contributed by atoms with Gasteiger partial charge in [-0.3, -0.25) is 4.79 Å². The van der Waals surface area contributed by atoms with E-state index in [2.05, 4.69) is 17.4 Å². The monoisotopic (exact) mass is 431 g/mol. The van der Waals surface area contributed by atoms with Crippen LogP contribution in [0, 0.1) is 11.7 Å². The van der Waals surface area contributed by atoms with Crippen molar-refractivity contribution in [2.45, 2.75) is 57.3 Å². The minimum absolute atomic E-state index is 0.0626. The van der Waals surface area contributed by atoms with Crippen molar-refractivity contribution >= 4 is 23.3 Å². The Morgan fingerprint density at radius 3 is 2.83 bits per heavy atom. The summed E-state index contributed by atoms with van der Waals surface area (Å²) < 4.78 is 26.6. The molecule has 0 bridgehead atoms. The number of anilines is 1. The third-order valence-electron chi connectivity index (χ3n) is 5.99. The van der Waals surface area contributed by atoms with Crippen LogP contribution < -0.4 is 5.32 Å². The molecule has 4 nitrogen and oxygen atoms in total. The van der Waals surface area contributed by atoms with Crippen LogP contribution in [0.25, 0.3) is 0 Å². The van der Waals surface area contributed by atoms with Gasteiger partial charge in [-0.1, -0.05) is 55.3 Å². The molecule has 1 saturated heterocycles. The van der Waals surface area contributed by atoms with Crippen molar-refractivity contribution < 1.29 is 18.7 Å². The molecule has 0 radical (unpaired) electrons. The zero-order valence-corrected chi connectivity index (χ0v) is 17.8. The molecule has 160 valence electrons. The van der Waals surface area contributed by atoms with Crippen LogP contribution in [0.3, 0.4) is 0 Å². The Balaban J connectivity index is 1.57. The SMILES string of the molecule is CCCCC(=O)OC[C@@H]1CC[C@@H]2[C@@H](c3ccccc3)Nc3c(F)cc(Cl)cc3[C@@H]2O1. The Kier molecular flexibility index (Phi) is 6.59. The fourth-order valence-electron chi connectivity index (χ4n) is 4.48. The number of fused-ring (bicyclic) bond motifs is 3. The molecular formula is C24H27ClFNO3. The van der Waals surface area contributed by atoms with Crippen LogP contribution in [0.4, 0.5) is 10.1 Å². The van der Waals surface area contributed by atoms with E-state index in [4.69, 9.17) is 21.1 Å². The van der Waals surface area contributed by atoms with E-state index >= 15 is 0 Å². The molecule has 0 aromatic heterocycles. The van der Waals surface area contributed by atoms with Crippen LogP contribution in [0.2, 0.25) is 5.02 Å². The van der Waals surface area contributed by atoms with Gasteiger partial charge in [-0.25, -0.2) is 4.39 Å². The Morgan fingerprint density at radius 1 is 1.27 bits per heavy atom. The third-order valence-corrected chi connectivity index (χ3v) is 6.21. The molecule has 6 heteroatoms. The summed E-state index contributed by atoms with van der Waals surface area (Å²) >= 11 is 6.16. The van der Waals surface area contributed by atoms with Gasteiger partial charge < -0.3 is 14.8 Å². The van der Waals surface area contributed by atoms with Crippen molar-refractivity contribution in [3.05, 3.63) is 64.4 Å². The zero-order valence-electron chi connectivity index (χ0n) is 17.1. The molecule has 4 rings (SSSR count). The highest BCUT2D eigenvalue weighted by atomic mass is 35.5. The summed E-state index contributed by atoms with van der Waals surface area (Å²) in [6, 6.07) is 13.1. The maximum atomic E-state index is 14.8. The Morgan fingerprint density at radius 2 is 2.07 bits per heavy atom. The number of nitrogens with one attached hydrogen (secondary N) is 1. The van der Waals surface area contributed by atoms with E-state index in [1.807, 2.05) is 25.1 Å². The standard InChI is InChI=1S/C24H27ClFNO3/c1-2-3-9-21(28)29-14-17-10-11-18-22(15-7-5-4-6-8-15)27-23-19(24(18)30-17)12-16(25)13-20(23)26/h4-8,12-13,17-18,22,24,27H,2-3,9-11,14H2,1H3/t17-,18+,22+,24+/m0/s1. The highest BCUT2D eigenvalue weighted by Gasteiger charge is 2.43. The second-order valence-electron chi connectivity index (χ2n) is 8.09. The lowest BCUT2D eigenvalue weighted by Crippen LogP contribution is -2.40. The molecule has 2 aliphatic rings. The molecule has 2 aromatic carbocycles. The van der Waals surface area contributed by atoms with Crippen LogP contribution >= 0.6 is 11.6 Å². The van der Waals surface area contributed by atoms with Gasteiger partial charge in [0.25, 0.3) is 0 Å². The molecular weight excluding hydrogens is 405 g/mol. The number of carbonyl (C=O) groups is 1. The number of unbranched alkanes of at least 4 members (excludes halogenated alkanes) is 1. The second-order valence-corrected chi connectivity index (χ2v) is 8.53. The molecule has 1 fully saturated rings. The van der Waals surface area contributed by atoms with E-state index in [1.54, 1.807) is 6.07 Å². The molecule has 4 atom stereocenters. The molecule has 2 aliphatic heterocycles. The smallest absolute Gasteiger partial charge is 0.305 e. The van der Waals surface area contributed by atoms with E-state index in [1.165, 1.54) is 6.07 Å². The summed E-state index contributed by atoms with van der Waals surface area (Å²) in [4.78, 5) is 11.9. The molecule has 0 aliphatic carbocycles. The third kappa shape index (κ3) is 4.47. The molecule has 1 N–H and O–H groups in total. The fourth-order valence-corrected chi connectivity index (χ4v) is 4.69. The van der Waals surface area contributed by atoms with Gasteiger partial charge in [0.2, 0.25) is 0 Å². The van der Waals surface area contributed by atoms with Crippen molar-refractivity contribution in [1.29, 1.82) is 0 Å². The Hall–Kier alpha value is -2.11. The molecule has 2 heterocycles. The van der Waals surface area contributed by atoms with Crippen LogP contribution in [-0.2, 0) is 14.3 Å². The van der Waals surface area contributed by atoms with Crippen LogP contribution in [0.1, 0.15) is 62.3 Å². The predicted octanol–water partition coefficient (Wildman–Crippen LogP) is 6.22. The lowest BCUT2D eigenvalue weighted by Gasteiger charge is -2.45. The van der Waals surface area contributed by atoms with Crippen molar-refractivity contribution in [2.24, 2.45) is 5.92 Å². The highest BCUT2D eigenvalue weighted by molar-refractivity contribution is 6.30. The summed E-state index contributed by atoms with van der Waals surface area (Å²) in [6.45, 7) is 2.27. The summed E-state index contributed by atoms with van der Waals surface area (Å²) in [6.07, 6.45) is 3.35. The number of benzene rings is 2. The summed E-state index contributed by atoms with van der Waals surface area (Å²) in [5.41, 5.74) is 2.27. The predicted molar refractivity (Wildman–Crippen MR) is 115 cm³/mol. The molecule has 0 amide bonds. The lowest BCUT2D eigenvalue weighted by molar-refractivity contribution is -0.157. The number of halogens is 2. The van der Waals surface area contributed by atoms with Gasteiger partial charge in [0.05, 0.1) is 23.9 Å². The fraction of sp³-hybridized carbons (Fsp3) is 0.458. The van der Waals surface area contributed by atoms with Crippen molar-refractivity contribution in [3.8, 4) is 0 Å². The first-order valence-electron chi connectivity index (χ1n) is 10.7.